The first-order chi connectivity index (χ1) is 14.2. The summed E-state index contributed by atoms with van der Waals surface area (Å²) in [5, 5.41) is 14.2. The summed E-state index contributed by atoms with van der Waals surface area (Å²) in [4.78, 5) is 11.3. The average molecular weight is 388 g/mol. The zero-order chi connectivity index (χ0) is 20.2. The molecule has 6 nitrogen and oxygen atoms in total. The van der Waals surface area contributed by atoms with Gasteiger partial charge in [0.25, 0.3) is 0 Å². The van der Waals surface area contributed by atoms with Gasteiger partial charge in [-0.2, -0.15) is 0 Å². The van der Waals surface area contributed by atoms with Crippen molar-refractivity contribution in [2.45, 2.75) is 6.54 Å². The van der Waals surface area contributed by atoms with Crippen LogP contribution >= 0.6 is 0 Å². The van der Waals surface area contributed by atoms with Gasteiger partial charge in [0.2, 0.25) is 5.88 Å². The first kappa shape index (κ1) is 18.6. The molecule has 0 aliphatic heterocycles. The molecule has 29 heavy (non-hydrogen) atoms. The van der Waals surface area contributed by atoms with Crippen molar-refractivity contribution in [3.8, 4) is 28.5 Å². The van der Waals surface area contributed by atoms with Crippen LogP contribution < -0.4 is 9.47 Å². The van der Waals surface area contributed by atoms with E-state index in [1.54, 1.807) is 17.7 Å². The Morgan fingerprint density at radius 1 is 0.931 bits per heavy atom. The lowest BCUT2D eigenvalue weighted by Crippen LogP contribution is -2.07. The summed E-state index contributed by atoms with van der Waals surface area (Å²) < 4.78 is 12.7. The number of nitrogens with zero attached hydrogens (tertiary/aromatic N) is 2. The van der Waals surface area contributed by atoms with E-state index in [1.807, 2.05) is 66.7 Å². The van der Waals surface area contributed by atoms with E-state index in [0.29, 0.717) is 24.1 Å². The lowest BCUT2D eigenvalue weighted by atomic mass is 10.0. The Hall–Kier alpha value is -3.80. The van der Waals surface area contributed by atoms with Gasteiger partial charge in [0, 0.05) is 5.39 Å². The molecule has 0 saturated heterocycles. The zero-order valence-corrected chi connectivity index (χ0v) is 15.9. The van der Waals surface area contributed by atoms with E-state index in [2.05, 4.69) is 5.18 Å². The highest BCUT2D eigenvalue weighted by Crippen LogP contribution is 2.40. The Morgan fingerprint density at radius 3 is 2.45 bits per heavy atom. The topological polar surface area (TPSA) is 73.0 Å². The fraction of sp³-hybridized carbons (Fsp3) is 0.130. The third-order valence-corrected chi connectivity index (χ3v) is 4.83. The Balaban J connectivity index is 1.70. The van der Waals surface area contributed by atoms with Crippen LogP contribution in [0.25, 0.3) is 22.0 Å². The van der Waals surface area contributed by atoms with Gasteiger partial charge in [-0.15, -0.1) is 4.91 Å². The lowest BCUT2D eigenvalue weighted by Gasteiger charge is -2.10. The normalized spacial score (nSPS) is 10.8. The average Bonchev–Trinajstić information content (AvgIpc) is 3.04. The molecule has 3 aromatic carbocycles. The number of para-hydroxylation sites is 1. The molecular weight excluding hydrogens is 368 g/mol. The maximum Gasteiger partial charge on any atom is 0.222 e. The molecule has 146 valence electrons. The Labute approximate surface area is 167 Å². The number of hydrogen-bond acceptors (Lipinski definition) is 5. The predicted molar refractivity (Wildman–Crippen MR) is 113 cm³/mol. The standard InChI is InChI=1S/C23H20N2O4/c1-28-19-9-5-6-16(14-19)17-10-11-20-21(15-17)25(23(26)22(20)24-27)12-13-29-18-7-3-2-4-8-18/h2-11,14-15,26H,12-13H2,1H3. The third kappa shape index (κ3) is 3.65. The quantitative estimate of drug-likeness (QED) is 0.424. The van der Waals surface area contributed by atoms with Gasteiger partial charge in [0.05, 0.1) is 19.2 Å². The molecule has 1 heterocycles. The van der Waals surface area contributed by atoms with Gasteiger partial charge < -0.3 is 19.1 Å². The summed E-state index contributed by atoms with van der Waals surface area (Å²) >= 11 is 0. The van der Waals surface area contributed by atoms with Crippen molar-refractivity contribution in [1.29, 1.82) is 0 Å². The van der Waals surface area contributed by atoms with Crippen molar-refractivity contribution in [1.82, 2.24) is 4.57 Å². The van der Waals surface area contributed by atoms with Gasteiger partial charge in [-0.1, -0.05) is 36.4 Å². The number of methoxy groups -OCH3 is 1. The minimum atomic E-state index is -0.158. The number of ether oxygens (including phenoxy) is 2. The van der Waals surface area contributed by atoms with Crippen LogP contribution in [0.5, 0.6) is 17.4 Å². The summed E-state index contributed by atoms with van der Waals surface area (Å²) in [5.74, 6) is 1.34. The highest BCUT2D eigenvalue weighted by Gasteiger charge is 2.18. The second-order valence-corrected chi connectivity index (χ2v) is 6.54. The Bertz CT molecular complexity index is 1150. The molecule has 0 unspecified atom stereocenters. The summed E-state index contributed by atoms with van der Waals surface area (Å²) in [6, 6.07) is 22.8. The molecule has 0 atom stereocenters. The molecule has 4 rings (SSSR count). The van der Waals surface area contributed by atoms with Crippen molar-refractivity contribution in [3.63, 3.8) is 0 Å². The molecule has 0 bridgehead atoms. The van der Waals surface area contributed by atoms with Gasteiger partial charge in [0.15, 0.2) is 5.69 Å². The fourth-order valence-electron chi connectivity index (χ4n) is 3.39. The number of hydrogen-bond donors (Lipinski definition) is 1. The summed E-state index contributed by atoms with van der Waals surface area (Å²) in [6.07, 6.45) is 0. The summed E-state index contributed by atoms with van der Waals surface area (Å²) in [7, 11) is 1.63. The molecule has 0 aliphatic rings. The Kier molecular flexibility index (Phi) is 5.16. The smallest absolute Gasteiger partial charge is 0.222 e. The van der Waals surface area contributed by atoms with E-state index in [4.69, 9.17) is 9.47 Å². The molecule has 6 heteroatoms. The van der Waals surface area contributed by atoms with E-state index in [9.17, 15) is 10.0 Å². The summed E-state index contributed by atoms with van der Waals surface area (Å²) in [6.45, 7) is 0.706. The predicted octanol–water partition coefficient (Wildman–Crippen LogP) is 5.50. The van der Waals surface area contributed by atoms with Gasteiger partial charge in [-0.25, -0.2) is 0 Å². The van der Waals surface area contributed by atoms with Crippen molar-refractivity contribution in [2.75, 3.05) is 13.7 Å². The molecule has 0 aliphatic carbocycles. The van der Waals surface area contributed by atoms with Crippen molar-refractivity contribution in [3.05, 3.63) is 77.7 Å². The monoisotopic (exact) mass is 388 g/mol. The summed E-state index contributed by atoms with van der Waals surface area (Å²) in [5.41, 5.74) is 2.67. The maximum atomic E-state index is 11.3. The van der Waals surface area contributed by atoms with Crippen LogP contribution in [0.4, 0.5) is 5.69 Å². The van der Waals surface area contributed by atoms with Crippen molar-refractivity contribution >= 4 is 16.6 Å². The van der Waals surface area contributed by atoms with Gasteiger partial charge in [-0.3, -0.25) is 0 Å². The lowest BCUT2D eigenvalue weighted by molar-refractivity contribution is 0.290. The van der Waals surface area contributed by atoms with Crippen LogP contribution in [-0.2, 0) is 6.54 Å². The zero-order valence-electron chi connectivity index (χ0n) is 15.9. The van der Waals surface area contributed by atoms with E-state index in [0.717, 1.165) is 22.6 Å². The molecular formula is C23H20N2O4. The highest BCUT2D eigenvalue weighted by atomic mass is 16.5. The SMILES string of the molecule is COc1cccc(-c2ccc3c(N=O)c(O)n(CCOc4ccccc4)c3c2)c1. The Morgan fingerprint density at radius 2 is 1.69 bits per heavy atom. The fourth-order valence-corrected chi connectivity index (χ4v) is 3.39. The van der Waals surface area contributed by atoms with Crippen LogP contribution in [-0.4, -0.2) is 23.4 Å². The van der Waals surface area contributed by atoms with E-state index >= 15 is 0 Å². The first-order valence-electron chi connectivity index (χ1n) is 9.22. The minimum Gasteiger partial charge on any atom is -0.497 e. The van der Waals surface area contributed by atoms with Gasteiger partial charge in [0.1, 0.15) is 18.1 Å². The number of rotatable bonds is 7. The first-order valence-corrected chi connectivity index (χ1v) is 9.22. The van der Waals surface area contributed by atoms with Gasteiger partial charge >= 0.3 is 0 Å². The molecule has 0 radical (unpaired) electrons. The second kappa shape index (κ2) is 8.06. The molecule has 4 aromatic rings. The largest absolute Gasteiger partial charge is 0.497 e. The molecule has 0 fully saturated rings. The van der Waals surface area contributed by atoms with Crippen LogP contribution in [0.2, 0.25) is 0 Å². The van der Waals surface area contributed by atoms with E-state index in [1.165, 1.54) is 0 Å². The minimum absolute atomic E-state index is 0.0388. The molecule has 0 amide bonds. The highest BCUT2D eigenvalue weighted by molar-refractivity contribution is 5.97. The number of aromatic nitrogens is 1. The molecule has 0 saturated carbocycles. The second-order valence-electron chi connectivity index (χ2n) is 6.54. The molecule has 0 spiro atoms. The number of nitroso groups, excluding NO2 is 1. The van der Waals surface area contributed by atoms with Crippen molar-refractivity contribution in [2.24, 2.45) is 5.18 Å². The van der Waals surface area contributed by atoms with Crippen molar-refractivity contribution < 1.29 is 14.6 Å². The number of benzene rings is 3. The van der Waals surface area contributed by atoms with Gasteiger partial charge in [-0.05, 0) is 52.7 Å². The maximum absolute atomic E-state index is 11.3. The van der Waals surface area contributed by atoms with E-state index < -0.39 is 0 Å². The number of fused-ring (bicyclic) bond motifs is 1. The van der Waals surface area contributed by atoms with Crippen LogP contribution in [0, 0.1) is 4.91 Å². The van der Waals surface area contributed by atoms with Crippen LogP contribution in [0.15, 0.2) is 78.0 Å². The molecule has 1 aromatic heterocycles. The molecule has 1 N–H and O–H groups in total. The van der Waals surface area contributed by atoms with Crippen LogP contribution in [0.3, 0.4) is 0 Å². The van der Waals surface area contributed by atoms with Crippen LogP contribution in [0.1, 0.15) is 0 Å². The number of aromatic hydroxyl groups is 1. The third-order valence-electron chi connectivity index (χ3n) is 4.83. The van der Waals surface area contributed by atoms with E-state index in [-0.39, 0.29) is 11.6 Å².